The van der Waals surface area contributed by atoms with Crippen LogP contribution < -0.4 is 5.32 Å². The molecule has 3 rings (SSSR count). The Bertz CT molecular complexity index is 866. The van der Waals surface area contributed by atoms with Gasteiger partial charge in [0.1, 0.15) is 0 Å². The molecule has 1 aliphatic rings. The first-order valence-corrected chi connectivity index (χ1v) is 9.95. The lowest BCUT2D eigenvalue weighted by atomic mass is 10.1. The topological polar surface area (TPSA) is 66.8 Å². The molecule has 1 saturated heterocycles. The molecule has 0 aliphatic carbocycles. The van der Waals surface area contributed by atoms with E-state index in [2.05, 4.69) is 22.0 Å². The number of aromatic nitrogens is 1. The number of fused-ring (bicyclic) bond motifs is 1. The van der Waals surface area contributed by atoms with E-state index in [4.69, 9.17) is 4.74 Å². The number of piperazine rings is 1. The summed E-state index contributed by atoms with van der Waals surface area (Å²) in [6.07, 6.45) is 0. The molecule has 1 aromatic heterocycles. The van der Waals surface area contributed by atoms with Crippen LogP contribution in [-0.2, 0) is 16.6 Å². The van der Waals surface area contributed by atoms with E-state index in [1.165, 1.54) is 0 Å². The number of ether oxygens (including phenoxy) is 1. The number of nitrogens with one attached hydrogen (secondary N) is 1. The first kappa shape index (κ1) is 20.4. The maximum atomic E-state index is 12.8. The number of aryl methyl sites for hydroxylation is 2. The quantitative estimate of drug-likeness (QED) is 0.772. The number of hydrogen-bond acceptors (Lipinski definition) is 5. The highest BCUT2D eigenvalue weighted by molar-refractivity contribution is 6.11. The highest BCUT2D eigenvalue weighted by atomic mass is 16.5. The molecule has 0 atom stereocenters. The fourth-order valence-corrected chi connectivity index (χ4v) is 3.77. The van der Waals surface area contributed by atoms with E-state index in [0.29, 0.717) is 17.9 Å². The van der Waals surface area contributed by atoms with Crippen LogP contribution >= 0.6 is 0 Å². The molecule has 28 heavy (non-hydrogen) atoms. The summed E-state index contributed by atoms with van der Waals surface area (Å²) < 4.78 is 7.03. The van der Waals surface area contributed by atoms with Crippen molar-refractivity contribution >= 4 is 28.5 Å². The van der Waals surface area contributed by atoms with E-state index in [-0.39, 0.29) is 12.5 Å². The number of nitrogens with zero attached hydrogens (tertiary/aromatic N) is 3. The Morgan fingerprint density at radius 3 is 2.43 bits per heavy atom. The number of anilines is 1. The van der Waals surface area contributed by atoms with Crippen molar-refractivity contribution in [1.82, 2.24) is 14.4 Å². The van der Waals surface area contributed by atoms with Gasteiger partial charge in [0.2, 0.25) is 5.91 Å². The smallest absolute Gasteiger partial charge is 0.357 e. The lowest BCUT2D eigenvalue weighted by molar-refractivity contribution is -0.117. The van der Waals surface area contributed by atoms with Gasteiger partial charge in [0, 0.05) is 38.6 Å². The fraction of sp³-hybridized carbons (Fsp3) is 0.524. The van der Waals surface area contributed by atoms with E-state index in [1.54, 1.807) is 11.5 Å². The number of benzene rings is 1. The summed E-state index contributed by atoms with van der Waals surface area (Å²) in [6.45, 7) is 11.3. The Morgan fingerprint density at radius 2 is 1.79 bits per heavy atom. The minimum absolute atomic E-state index is 0.107. The van der Waals surface area contributed by atoms with Crippen molar-refractivity contribution in [2.24, 2.45) is 7.05 Å². The molecule has 1 N–H and O–H groups in total. The van der Waals surface area contributed by atoms with Crippen LogP contribution in [0, 0.1) is 6.92 Å². The van der Waals surface area contributed by atoms with Gasteiger partial charge in [-0.15, -0.1) is 0 Å². The maximum Gasteiger partial charge on any atom is 0.357 e. The molecule has 1 aliphatic heterocycles. The van der Waals surface area contributed by atoms with Gasteiger partial charge in [-0.3, -0.25) is 9.69 Å². The van der Waals surface area contributed by atoms with Gasteiger partial charge in [-0.05, 0) is 32.5 Å². The van der Waals surface area contributed by atoms with Gasteiger partial charge in [-0.2, -0.15) is 0 Å². The maximum absolute atomic E-state index is 12.8. The molecule has 2 heterocycles. The van der Waals surface area contributed by atoms with Crippen LogP contribution in [-0.4, -0.2) is 72.1 Å². The van der Waals surface area contributed by atoms with Gasteiger partial charge in [0.05, 0.1) is 24.4 Å². The predicted molar refractivity (Wildman–Crippen MR) is 111 cm³/mol. The number of carbonyl (C=O) groups excluding carboxylic acids is 2. The molecular weight excluding hydrogens is 356 g/mol. The van der Waals surface area contributed by atoms with E-state index in [0.717, 1.165) is 49.2 Å². The van der Waals surface area contributed by atoms with Crippen LogP contribution in [0.3, 0.4) is 0 Å². The minimum Gasteiger partial charge on any atom is -0.461 e. The van der Waals surface area contributed by atoms with Gasteiger partial charge in [-0.1, -0.05) is 18.6 Å². The molecule has 7 nitrogen and oxygen atoms in total. The van der Waals surface area contributed by atoms with E-state index in [1.807, 2.05) is 32.2 Å². The van der Waals surface area contributed by atoms with Gasteiger partial charge in [0.15, 0.2) is 5.69 Å². The molecular formula is C21H30N4O3. The van der Waals surface area contributed by atoms with Gasteiger partial charge < -0.3 is 19.5 Å². The zero-order valence-corrected chi connectivity index (χ0v) is 17.2. The molecule has 0 radical (unpaired) electrons. The van der Waals surface area contributed by atoms with Crippen molar-refractivity contribution in [1.29, 1.82) is 0 Å². The second kappa shape index (κ2) is 8.75. The van der Waals surface area contributed by atoms with Crippen LogP contribution in [0.5, 0.6) is 0 Å². The Labute approximate surface area is 166 Å². The normalized spacial score (nSPS) is 15.7. The van der Waals surface area contributed by atoms with Crippen molar-refractivity contribution in [3.8, 4) is 0 Å². The van der Waals surface area contributed by atoms with Crippen LogP contribution in [0.25, 0.3) is 10.9 Å². The molecule has 0 bridgehead atoms. The summed E-state index contributed by atoms with van der Waals surface area (Å²) in [5, 5.41) is 3.85. The van der Waals surface area contributed by atoms with E-state index >= 15 is 0 Å². The molecule has 0 spiro atoms. The van der Waals surface area contributed by atoms with Crippen molar-refractivity contribution in [2.75, 3.05) is 51.2 Å². The lowest BCUT2D eigenvalue weighted by Crippen LogP contribution is -2.48. The first-order chi connectivity index (χ1) is 13.4. The fourth-order valence-electron chi connectivity index (χ4n) is 3.77. The van der Waals surface area contributed by atoms with Crippen molar-refractivity contribution < 1.29 is 14.3 Å². The van der Waals surface area contributed by atoms with Crippen molar-refractivity contribution in [3.05, 3.63) is 29.5 Å². The molecule has 0 unspecified atom stereocenters. The average molecular weight is 386 g/mol. The van der Waals surface area contributed by atoms with Gasteiger partial charge in [0.25, 0.3) is 0 Å². The molecule has 1 fully saturated rings. The zero-order chi connectivity index (χ0) is 20.3. The summed E-state index contributed by atoms with van der Waals surface area (Å²) >= 11 is 0. The Balaban J connectivity index is 1.84. The third-order valence-corrected chi connectivity index (χ3v) is 5.37. The van der Waals surface area contributed by atoms with Crippen LogP contribution in [0.1, 0.15) is 29.9 Å². The van der Waals surface area contributed by atoms with Gasteiger partial charge in [-0.25, -0.2) is 4.79 Å². The lowest BCUT2D eigenvalue weighted by Gasteiger charge is -2.33. The monoisotopic (exact) mass is 386 g/mol. The summed E-state index contributed by atoms with van der Waals surface area (Å²) in [5.41, 5.74) is 2.88. The molecule has 0 saturated carbocycles. The minimum atomic E-state index is -0.425. The standard InChI is InChI=1S/C21H30N4O3/c1-5-24-9-11-25(12-10-24)14-18(26)22-19-16-13-15(3)7-8-17(16)23(4)20(19)21(27)28-6-2/h7-8,13H,5-6,9-12,14H2,1-4H3,(H,22,26). The Kier molecular flexibility index (Phi) is 6.36. The Morgan fingerprint density at radius 1 is 1.11 bits per heavy atom. The molecule has 7 heteroatoms. The molecule has 2 aromatic rings. The second-order valence-corrected chi connectivity index (χ2v) is 7.28. The van der Waals surface area contributed by atoms with Gasteiger partial charge >= 0.3 is 5.97 Å². The van der Waals surface area contributed by atoms with Crippen LogP contribution in [0.4, 0.5) is 5.69 Å². The van der Waals surface area contributed by atoms with Crippen molar-refractivity contribution in [2.45, 2.75) is 20.8 Å². The van der Waals surface area contributed by atoms with Crippen LogP contribution in [0.2, 0.25) is 0 Å². The molecule has 152 valence electrons. The third kappa shape index (κ3) is 4.20. The highest BCUT2D eigenvalue weighted by Crippen LogP contribution is 2.32. The highest BCUT2D eigenvalue weighted by Gasteiger charge is 2.25. The first-order valence-electron chi connectivity index (χ1n) is 9.95. The molecule has 1 aromatic carbocycles. The Hall–Kier alpha value is -2.38. The number of rotatable bonds is 6. The summed E-state index contributed by atoms with van der Waals surface area (Å²) in [5.74, 6) is -0.532. The average Bonchev–Trinajstić information content (AvgIpc) is 2.93. The predicted octanol–water partition coefficient (Wildman–Crippen LogP) is 2.24. The summed E-state index contributed by atoms with van der Waals surface area (Å²) in [6, 6.07) is 5.96. The summed E-state index contributed by atoms with van der Waals surface area (Å²) in [7, 11) is 1.82. The summed E-state index contributed by atoms with van der Waals surface area (Å²) in [4.78, 5) is 29.9. The SMILES string of the molecule is CCOC(=O)c1c(NC(=O)CN2CCN(CC)CC2)c2cc(C)ccc2n1C. The third-order valence-electron chi connectivity index (χ3n) is 5.37. The number of amides is 1. The second-order valence-electron chi connectivity index (χ2n) is 7.28. The molecule has 1 amide bonds. The van der Waals surface area contributed by atoms with Crippen LogP contribution in [0.15, 0.2) is 18.2 Å². The van der Waals surface area contributed by atoms with E-state index in [9.17, 15) is 9.59 Å². The zero-order valence-electron chi connectivity index (χ0n) is 17.2. The largest absolute Gasteiger partial charge is 0.461 e. The number of likely N-dealkylation sites (N-methyl/N-ethyl adjacent to an activating group) is 1. The number of esters is 1. The van der Waals surface area contributed by atoms with E-state index < -0.39 is 5.97 Å². The van der Waals surface area contributed by atoms with Crippen molar-refractivity contribution in [3.63, 3.8) is 0 Å². The number of carbonyl (C=O) groups is 2. The number of hydrogen-bond donors (Lipinski definition) is 1.